The summed E-state index contributed by atoms with van der Waals surface area (Å²) in [5.74, 6) is 0. The maximum absolute atomic E-state index is 5.74. The monoisotopic (exact) mass is 357 g/mol. The van der Waals surface area contributed by atoms with Crippen molar-refractivity contribution in [3.8, 4) is 11.3 Å². The largest absolute Gasteiger partial charge is 0.378 e. The minimum atomic E-state index is 0.747. The van der Waals surface area contributed by atoms with Crippen LogP contribution >= 0.6 is 0 Å². The number of anilines is 1. The number of rotatable bonds is 6. The highest BCUT2D eigenvalue weighted by Crippen LogP contribution is 2.36. The Balaban J connectivity index is 1.93. The number of nitrogens with two attached hydrogens (primary N) is 1. The van der Waals surface area contributed by atoms with Crippen molar-refractivity contribution >= 4 is 27.4 Å². The molecule has 3 aromatic carbocycles. The summed E-state index contributed by atoms with van der Waals surface area (Å²) in [5, 5.41) is 3.88. The molecule has 138 valence electrons. The first kappa shape index (κ1) is 17.6. The highest BCUT2D eigenvalue weighted by molar-refractivity contribution is 6.08. The Bertz CT molecular complexity index is 1080. The van der Waals surface area contributed by atoms with Crippen molar-refractivity contribution in [3.05, 3.63) is 66.2 Å². The van der Waals surface area contributed by atoms with Crippen LogP contribution in [0.1, 0.15) is 18.4 Å². The fraction of sp³-hybridized carbons (Fsp3) is 0.250. The van der Waals surface area contributed by atoms with E-state index in [1.165, 1.54) is 44.2 Å². The van der Waals surface area contributed by atoms with Crippen molar-refractivity contribution in [1.82, 2.24) is 4.98 Å². The fourth-order valence-electron chi connectivity index (χ4n) is 3.88. The molecule has 27 heavy (non-hydrogen) atoms. The Morgan fingerprint density at radius 2 is 1.74 bits per heavy atom. The fourth-order valence-corrected chi connectivity index (χ4v) is 3.88. The molecule has 0 radical (unpaired) electrons. The Morgan fingerprint density at radius 1 is 0.889 bits per heavy atom. The Hall–Kier alpha value is -2.78. The maximum atomic E-state index is 5.74. The van der Waals surface area contributed by atoms with Crippen LogP contribution in [0.3, 0.4) is 0 Å². The molecular formula is C24H27N3. The summed E-state index contributed by atoms with van der Waals surface area (Å²) in [5.41, 5.74) is 12.1. The molecule has 1 heterocycles. The molecule has 0 saturated carbocycles. The highest BCUT2D eigenvalue weighted by Gasteiger charge is 2.15. The molecule has 3 nitrogen and oxygen atoms in total. The quantitative estimate of drug-likeness (QED) is 0.458. The molecule has 4 aromatic rings. The molecule has 0 saturated heterocycles. The number of benzene rings is 3. The van der Waals surface area contributed by atoms with Gasteiger partial charge in [-0.2, -0.15) is 0 Å². The number of aromatic amines is 1. The van der Waals surface area contributed by atoms with Gasteiger partial charge in [-0.3, -0.25) is 0 Å². The lowest BCUT2D eigenvalue weighted by Crippen LogP contribution is -2.08. The predicted octanol–water partition coefficient (Wildman–Crippen LogP) is 5.34. The van der Waals surface area contributed by atoms with Crippen LogP contribution in [0.15, 0.2) is 60.7 Å². The molecule has 0 atom stereocenters. The summed E-state index contributed by atoms with van der Waals surface area (Å²) >= 11 is 0. The second kappa shape index (κ2) is 7.45. The third-order valence-electron chi connectivity index (χ3n) is 5.34. The Morgan fingerprint density at radius 3 is 2.56 bits per heavy atom. The Labute approximate surface area is 160 Å². The molecule has 1 aromatic heterocycles. The van der Waals surface area contributed by atoms with Crippen LogP contribution in [0.4, 0.5) is 5.69 Å². The molecule has 4 rings (SSSR count). The van der Waals surface area contributed by atoms with Crippen LogP contribution in [-0.4, -0.2) is 25.6 Å². The molecule has 0 aliphatic carbocycles. The van der Waals surface area contributed by atoms with Crippen LogP contribution in [0.25, 0.3) is 32.9 Å². The summed E-state index contributed by atoms with van der Waals surface area (Å²) in [7, 11) is 4.17. The second-order valence-electron chi connectivity index (χ2n) is 7.38. The van der Waals surface area contributed by atoms with E-state index in [2.05, 4.69) is 84.6 Å². The summed E-state index contributed by atoms with van der Waals surface area (Å²) < 4.78 is 0. The summed E-state index contributed by atoms with van der Waals surface area (Å²) in [6, 6.07) is 21.8. The average Bonchev–Trinajstić information content (AvgIpc) is 3.07. The molecule has 0 aliphatic rings. The summed E-state index contributed by atoms with van der Waals surface area (Å²) in [6.07, 6.45) is 3.20. The van der Waals surface area contributed by atoms with Crippen molar-refractivity contribution in [3.63, 3.8) is 0 Å². The van der Waals surface area contributed by atoms with E-state index in [0.717, 1.165) is 25.8 Å². The van der Waals surface area contributed by atoms with Crippen molar-refractivity contribution < 1.29 is 0 Å². The van der Waals surface area contributed by atoms with E-state index in [4.69, 9.17) is 5.73 Å². The zero-order chi connectivity index (χ0) is 18.8. The summed E-state index contributed by atoms with van der Waals surface area (Å²) in [6.45, 7) is 0.747. The highest BCUT2D eigenvalue weighted by atomic mass is 15.1. The van der Waals surface area contributed by atoms with E-state index < -0.39 is 0 Å². The van der Waals surface area contributed by atoms with Gasteiger partial charge in [0.25, 0.3) is 0 Å². The van der Waals surface area contributed by atoms with Gasteiger partial charge in [0.05, 0.1) is 5.52 Å². The smallest absolute Gasteiger partial charge is 0.0541 e. The third kappa shape index (κ3) is 3.31. The molecule has 0 aliphatic heterocycles. The number of hydrogen-bond donors (Lipinski definition) is 2. The van der Waals surface area contributed by atoms with Crippen molar-refractivity contribution in [2.45, 2.75) is 19.3 Å². The summed E-state index contributed by atoms with van der Waals surface area (Å²) in [4.78, 5) is 5.92. The predicted molar refractivity (Wildman–Crippen MR) is 118 cm³/mol. The second-order valence-corrected chi connectivity index (χ2v) is 7.38. The number of nitrogens with zero attached hydrogens (tertiary/aromatic N) is 1. The van der Waals surface area contributed by atoms with Gasteiger partial charge in [0.15, 0.2) is 0 Å². The van der Waals surface area contributed by atoms with Crippen LogP contribution in [0.5, 0.6) is 0 Å². The normalized spacial score (nSPS) is 11.4. The van der Waals surface area contributed by atoms with Crippen LogP contribution < -0.4 is 10.6 Å². The SMILES string of the molecule is CN(C)c1cccc(-c2[nH]c3c(ccc4ccccc43)c2CCCCN)c1. The number of H-pyrrole nitrogens is 1. The molecular weight excluding hydrogens is 330 g/mol. The number of aryl methyl sites for hydroxylation is 1. The van der Waals surface area contributed by atoms with E-state index in [9.17, 15) is 0 Å². The first-order chi connectivity index (χ1) is 13.2. The van der Waals surface area contributed by atoms with Gasteiger partial charge in [0.2, 0.25) is 0 Å². The lowest BCUT2D eigenvalue weighted by Gasteiger charge is -2.14. The first-order valence-electron chi connectivity index (χ1n) is 9.69. The van der Waals surface area contributed by atoms with Crippen LogP contribution in [0.2, 0.25) is 0 Å². The van der Waals surface area contributed by atoms with Gasteiger partial charge < -0.3 is 15.6 Å². The molecule has 0 amide bonds. The number of unbranched alkanes of at least 4 members (excludes halogenated alkanes) is 1. The van der Waals surface area contributed by atoms with Gasteiger partial charge in [0, 0.05) is 41.8 Å². The van der Waals surface area contributed by atoms with E-state index >= 15 is 0 Å². The number of fused-ring (bicyclic) bond motifs is 3. The minimum Gasteiger partial charge on any atom is -0.378 e. The Kier molecular flexibility index (Phi) is 4.87. The number of aromatic nitrogens is 1. The van der Waals surface area contributed by atoms with Crippen molar-refractivity contribution in [2.75, 3.05) is 25.5 Å². The van der Waals surface area contributed by atoms with Crippen LogP contribution in [-0.2, 0) is 6.42 Å². The topological polar surface area (TPSA) is 45.0 Å². The minimum absolute atomic E-state index is 0.747. The molecule has 0 bridgehead atoms. The average molecular weight is 358 g/mol. The molecule has 0 unspecified atom stereocenters. The van der Waals surface area contributed by atoms with Crippen molar-refractivity contribution in [1.29, 1.82) is 0 Å². The molecule has 0 spiro atoms. The van der Waals surface area contributed by atoms with Gasteiger partial charge >= 0.3 is 0 Å². The zero-order valence-corrected chi connectivity index (χ0v) is 16.1. The first-order valence-corrected chi connectivity index (χ1v) is 9.69. The number of nitrogens with one attached hydrogen (secondary N) is 1. The number of hydrogen-bond acceptors (Lipinski definition) is 2. The van der Waals surface area contributed by atoms with E-state index in [0.29, 0.717) is 0 Å². The van der Waals surface area contributed by atoms with Crippen LogP contribution in [0, 0.1) is 0 Å². The lowest BCUT2D eigenvalue weighted by molar-refractivity contribution is 0.748. The van der Waals surface area contributed by atoms with Crippen molar-refractivity contribution in [2.24, 2.45) is 5.73 Å². The van der Waals surface area contributed by atoms with Gasteiger partial charge in [-0.1, -0.05) is 48.5 Å². The molecule has 3 heteroatoms. The van der Waals surface area contributed by atoms with Gasteiger partial charge in [-0.05, 0) is 48.9 Å². The molecule has 3 N–H and O–H groups in total. The van der Waals surface area contributed by atoms with E-state index in [1.807, 2.05) is 0 Å². The van der Waals surface area contributed by atoms with E-state index in [1.54, 1.807) is 0 Å². The van der Waals surface area contributed by atoms with Gasteiger partial charge in [-0.15, -0.1) is 0 Å². The van der Waals surface area contributed by atoms with Gasteiger partial charge in [0.1, 0.15) is 0 Å². The maximum Gasteiger partial charge on any atom is 0.0541 e. The molecule has 0 fully saturated rings. The zero-order valence-electron chi connectivity index (χ0n) is 16.1. The van der Waals surface area contributed by atoms with E-state index in [-0.39, 0.29) is 0 Å². The van der Waals surface area contributed by atoms with Gasteiger partial charge in [-0.25, -0.2) is 0 Å². The lowest BCUT2D eigenvalue weighted by atomic mass is 9.98. The third-order valence-corrected chi connectivity index (χ3v) is 5.34. The standard InChI is InChI=1S/C24H27N3/c1-27(2)19-10-7-9-18(16-19)23-21(12-5-6-15-25)22-14-13-17-8-3-4-11-20(17)24(22)26-23/h3-4,7-11,13-14,16,26H,5-6,12,15,25H2,1-2H3.